The van der Waals surface area contributed by atoms with Gasteiger partial charge in [-0.3, -0.25) is 4.79 Å². The molecule has 3 N–H and O–H groups in total. The van der Waals surface area contributed by atoms with Gasteiger partial charge >= 0.3 is 0 Å². The number of amides is 1. The first-order chi connectivity index (χ1) is 41.7. The van der Waals surface area contributed by atoms with Crippen molar-refractivity contribution >= 4 is 5.91 Å². The van der Waals surface area contributed by atoms with Gasteiger partial charge in [0.15, 0.2) is 0 Å². The predicted molar refractivity (Wildman–Crippen MR) is 378 cm³/mol. The van der Waals surface area contributed by atoms with Gasteiger partial charge in [0.05, 0.1) is 18.8 Å². The molecule has 2 unspecified atom stereocenters. The summed E-state index contributed by atoms with van der Waals surface area (Å²) < 4.78 is 0. The molecule has 0 aliphatic carbocycles. The Morgan fingerprint density at radius 2 is 0.524 bits per heavy atom. The van der Waals surface area contributed by atoms with Crippen LogP contribution in [0.4, 0.5) is 0 Å². The number of aliphatic hydroxyl groups is 2. The average Bonchev–Trinajstić information content (AvgIpc) is 3.51. The van der Waals surface area contributed by atoms with E-state index < -0.39 is 12.1 Å². The third-order valence-corrected chi connectivity index (χ3v) is 18.0. The average molecular weight is 1180 g/mol. The van der Waals surface area contributed by atoms with Gasteiger partial charge in [0.2, 0.25) is 5.91 Å². The predicted octanol–water partition coefficient (Wildman–Crippen LogP) is 26.6. The molecular formula is C80H151NO3. The Labute approximate surface area is 527 Å². The molecule has 0 radical (unpaired) electrons. The van der Waals surface area contributed by atoms with Crippen molar-refractivity contribution in [3.05, 3.63) is 60.8 Å². The molecule has 0 bridgehead atoms. The van der Waals surface area contributed by atoms with E-state index in [1.54, 1.807) is 0 Å². The maximum Gasteiger partial charge on any atom is 0.220 e. The van der Waals surface area contributed by atoms with Gasteiger partial charge in [-0.15, -0.1) is 0 Å². The van der Waals surface area contributed by atoms with Crippen molar-refractivity contribution in [3.63, 3.8) is 0 Å². The van der Waals surface area contributed by atoms with Crippen molar-refractivity contribution in [2.75, 3.05) is 6.61 Å². The van der Waals surface area contributed by atoms with E-state index in [2.05, 4.69) is 79.9 Å². The first-order valence-corrected chi connectivity index (χ1v) is 38.5. The summed E-state index contributed by atoms with van der Waals surface area (Å²) in [5, 5.41) is 23.5. The molecule has 2 atom stereocenters. The quantitative estimate of drug-likeness (QED) is 0.0420. The van der Waals surface area contributed by atoms with Crippen molar-refractivity contribution in [3.8, 4) is 0 Å². The second kappa shape index (κ2) is 75.3. The number of carbonyl (C=O) groups is 1. The van der Waals surface area contributed by atoms with Gasteiger partial charge in [0, 0.05) is 6.42 Å². The second-order valence-corrected chi connectivity index (χ2v) is 26.4. The third-order valence-electron chi connectivity index (χ3n) is 18.0. The Morgan fingerprint density at radius 3 is 0.786 bits per heavy atom. The fraction of sp³-hybridized carbons (Fsp3) is 0.863. The van der Waals surface area contributed by atoms with Gasteiger partial charge in [-0.05, 0) is 57.8 Å². The van der Waals surface area contributed by atoms with Crippen LogP contribution in [0.25, 0.3) is 0 Å². The third kappa shape index (κ3) is 70.8. The van der Waals surface area contributed by atoms with Crippen molar-refractivity contribution in [1.82, 2.24) is 5.32 Å². The molecule has 4 nitrogen and oxygen atoms in total. The molecular weight excluding hydrogens is 1020 g/mol. The van der Waals surface area contributed by atoms with E-state index in [1.807, 2.05) is 0 Å². The largest absolute Gasteiger partial charge is 0.394 e. The normalized spacial score (nSPS) is 13.0. The molecule has 0 aromatic heterocycles. The van der Waals surface area contributed by atoms with E-state index in [1.165, 1.54) is 340 Å². The van der Waals surface area contributed by atoms with Gasteiger partial charge < -0.3 is 15.5 Å². The van der Waals surface area contributed by atoms with E-state index in [-0.39, 0.29) is 12.5 Å². The lowest BCUT2D eigenvalue weighted by Crippen LogP contribution is -2.45. The van der Waals surface area contributed by atoms with Gasteiger partial charge in [-0.25, -0.2) is 0 Å². The van der Waals surface area contributed by atoms with E-state index in [9.17, 15) is 15.0 Å². The fourth-order valence-corrected chi connectivity index (χ4v) is 12.3. The SMILES string of the molecule is CC/C=C\C/C=C\C/C=C\C/C=C\C/C=C\CCCCCCCCCCCCCCCCCCCCCCCCCC(=O)NC(CO)C(O)CCCCCCCCCCCCCCCCCCCCCCCCCCCCCCCCCCC. The molecule has 0 aromatic rings. The van der Waals surface area contributed by atoms with Gasteiger partial charge in [-0.1, -0.05) is 421 Å². The standard InChI is InChI=1S/C80H151NO3/c1-3-5-7-9-11-13-15-17-19-21-23-25-27-29-31-33-35-37-38-39-40-41-42-44-46-48-50-52-54-56-58-60-62-64-66-68-70-72-74-76-80(84)81-78(77-82)79(83)75-73-71-69-67-65-63-61-59-57-55-53-51-49-47-45-43-36-34-32-30-28-26-24-22-20-18-16-14-12-10-8-6-4-2/h5,7,11,13,17,19,23,25,29,31,78-79,82-83H,3-4,6,8-10,12,14-16,18,20-22,24,26-28,30,32-77H2,1-2H3,(H,81,84)/b7-5-,13-11-,19-17-,25-23-,31-29-. The first-order valence-electron chi connectivity index (χ1n) is 38.5. The first kappa shape index (κ1) is 82.1. The molecule has 494 valence electrons. The van der Waals surface area contributed by atoms with Crippen molar-refractivity contribution in [1.29, 1.82) is 0 Å². The summed E-state index contributed by atoms with van der Waals surface area (Å²) in [6.45, 7) is 4.29. The topological polar surface area (TPSA) is 69.6 Å². The Kier molecular flexibility index (Phi) is 73.6. The number of nitrogens with one attached hydrogen (secondary N) is 1. The summed E-state index contributed by atoms with van der Waals surface area (Å²) in [5.41, 5.74) is 0. The molecule has 0 saturated heterocycles. The van der Waals surface area contributed by atoms with E-state index in [0.29, 0.717) is 12.8 Å². The van der Waals surface area contributed by atoms with Crippen LogP contribution in [0, 0.1) is 0 Å². The van der Waals surface area contributed by atoms with Crippen LogP contribution in [0.1, 0.15) is 425 Å². The number of allylic oxidation sites excluding steroid dienone is 10. The summed E-state index contributed by atoms with van der Waals surface area (Å²) in [7, 11) is 0. The Morgan fingerprint density at radius 1 is 0.298 bits per heavy atom. The van der Waals surface area contributed by atoms with E-state index >= 15 is 0 Å². The lowest BCUT2D eigenvalue weighted by Gasteiger charge is -2.22. The maximum atomic E-state index is 12.6. The van der Waals surface area contributed by atoms with Crippen LogP contribution in [0.3, 0.4) is 0 Å². The number of hydrogen-bond donors (Lipinski definition) is 3. The molecule has 0 rings (SSSR count). The fourth-order valence-electron chi connectivity index (χ4n) is 12.3. The highest BCUT2D eigenvalue weighted by Crippen LogP contribution is 2.20. The molecule has 0 aromatic carbocycles. The summed E-state index contributed by atoms with van der Waals surface area (Å²) in [4.78, 5) is 12.6. The second-order valence-electron chi connectivity index (χ2n) is 26.4. The number of aliphatic hydroxyl groups excluding tert-OH is 2. The Hall–Kier alpha value is -1.91. The molecule has 0 saturated carbocycles. The summed E-state index contributed by atoms with van der Waals surface area (Å²) in [6, 6.07) is -0.538. The zero-order valence-corrected chi connectivity index (χ0v) is 57.2. The molecule has 0 fully saturated rings. The number of rotatable bonds is 72. The van der Waals surface area contributed by atoms with E-state index in [0.717, 1.165) is 57.8 Å². The highest BCUT2D eigenvalue weighted by atomic mass is 16.3. The molecule has 0 aliphatic heterocycles. The van der Waals surface area contributed by atoms with E-state index in [4.69, 9.17) is 0 Å². The van der Waals surface area contributed by atoms with Crippen LogP contribution in [-0.2, 0) is 4.79 Å². The van der Waals surface area contributed by atoms with Crippen LogP contribution in [0.15, 0.2) is 60.8 Å². The summed E-state index contributed by atoms with van der Waals surface area (Å²) in [5.74, 6) is -0.0224. The summed E-state index contributed by atoms with van der Waals surface area (Å²) >= 11 is 0. The maximum absolute atomic E-state index is 12.6. The minimum atomic E-state index is -0.661. The van der Waals surface area contributed by atoms with Crippen molar-refractivity contribution in [2.24, 2.45) is 0 Å². The van der Waals surface area contributed by atoms with Crippen LogP contribution >= 0.6 is 0 Å². The minimum Gasteiger partial charge on any atom is -0.394 e. The zero-order chi connectivity index (χ0) is 60.5. The lowest BCUT2D eigenvalue weighted by molar-refractivity contribution is -0.123. The monoisotopic (exact) mass is 1170 g/mol. The summed E-state index contributed by atoms with van der Waals surface area (Å²) in [6.07, 6.45) is 107. The molecule has 0 aliphatic rings. The molecule has 0 spiro atoms. The van der Waals surface area contributed by atoms with Crippen LogP contribution in [-0.4, -0.2) is 34.9 Å². The lowest BCUT2D eigenvalue weighted by atomic mass is 10.0. The molecule has 4 heteroatoms. The molecule has 84 heavy (non-hydrogen) atoms. The number of carbonyl (C=O) groups excluding carboxylic acids is 1. The Balaban J connectivity index is 3.38. The number of unbranched alkanes of at least 4 members (excludes halogenated alkanes) is 55. The van der Waals surface area contributed by atoms with Gasteiger partial charge in [0.1, 0.15) is 0 Å². The van der Waals surface area contributed by atoms with Crippen molar-refractivity contribution < 1.29 is 15.0 Å². The minimum absolute atomic E-state index is 0.0224. The Bertz CT molecular complexity index is 1380. The van der Waals surface area contributed by atoms with Crippen LogP contribution in [0.2, 0.25) is 0 Å². The van der Waals surface area contributed by atoms with Crippen molar-refractivity contribution in [2.45, 2.75) is 437 Å². The van der Waals surface area contributed by atoms with Crippen LogP contribution < -0.4 is 5.32 Å². The number of hydrogen-bond acceptors (Lipinski definition) is 3. The highest BCUT2D eigenvalue weighted by Gasteiger charge is 2.20. The molecule has 0 heterocycles. The van der Waals surface area contributed by atoms with Crippen LogP contribution in [0.5, 0.6) is 0 Å². The zero-order valence-electron chi connectivity index (χ0n) is 57.2. The highest BCUT2D eigenvalue weighted by molar-refractivity contribution is 5.76. The molecule has 1 amide bonds. The smallest absolute Gasteiger partial charge is 0.220 e. The van der Waals surface area contributed by atoms with Gasteiger partial charge in [0.25, 0.3) is 0 Å². The van der Waals surface area contributed by atoms with Gasteiger partial charge in [-0.2, -0.15) is 0 Å².